The third kappa shape index (κ3) is 7.57. The van der Waals surface area contributed by atoms with E-state index in [1.54, 1.807) is 38.6 Å². The molecule has 1 heterocycles. The maximum Gasteiger partial charge on any atom is 0.332 e. The molecule has 8 nitrogen and oxygen atoms in total. The summed E-state index contributed by atoms with van der Waals surface area (Å²) in [5.41, 5.74) is 2.04. The minimum atomic E-state index is -0.496. The van der Waals surface area contributed by atoms with Crippen molar-refractivity contribution in [1.82, 2.24) is 9.97 Å². The van der Waals surface area contributed by atoms with Crippen LogP contribution >= 0.6 is 15.9 Å². The lowest BCUT2D eigenvalue weighted by molar-refractivity contribution is -0.137. The van der Waals surface area contributed by atoms with E-state index in [1.165, 1.54) is 6.08 Å². The summed E-state index contributed by atoms with van der Waals surface area (Å²) in [5, 5.41) is 3.07. The molecule has 0 fully saturated rings. The number of nitrogens with zero attached hydrogens (tertiary/aromatic N) is 2. The van der Waals surface area contributed by atoms with Gasteiger partial charge in [0.1, 0.15) is 18.1 Å². The van der Waals surface area contributed by atoms with Gasteiger partial charge in [-0.25, -0.2) is 14.8 Å². The number of carbonyl (C=O) groups is 1. The van der Waals surface area contributed by atoms with E-state index in [1.807, 2.05) is 60.7 Å². The highest BCUT2D eigenvalue weighted by molar-refractivity contribution is 9.10. The minimum Gasteiger partial charge on any atom is -0.493 e. The van der Waals surface area contributed by atoms with Crippen molar-refractivity contribution in [1.29, 1.82) is 0 Å². The number of esters is 1. The maximum absolute atomic E-state index is 12.2. The van der Waals surface area contributed by atoms with Crippen LogP contribution in [0.15, 0.2) is 95.7 Å². The average molecular weight is 576 g/mol. The summed E-state index contributed by atoms with van der Waals surface area (Å²) in [6.45, 7) is 2.30. The number of ether oxygens (including phenoxy) is 4. The van der Waals surface area contributed by atoms with Gasteiger partial charge in [-0.2, -0.15) is 0 Å². The van der Waals surface area contributed by atoms with Crippen molar-refractivity contribution in [2.75, 3.05) is 19.0 Å². The Morgan fingerprint density at radius 3 is 2.45 bits per heavy atom. The van der Waals surface area contributed by atoms with Gasteiger partial charge in [0.05, 0.1) is 23.9 Å². The number of halogens is 1. The number of carbonyl (C=O) groups excluding carboxylic acids is 1. The zero-order valence-corrected chi connectivity index (χ0v) is 22.5. The Kier molecular flexibility index (Phi) is 9.31. The van der Waals surface area contributed by atoms with Crippen LogP contribution in [0.1, 0.15) is 18.1 Å². The monoisotopic (exact) mass is 575 g/mol. The molecule has 3 aromatic carbocycles. The number of nitrogens with one attached hydrogen (secondary N) is 1. The highest BCUT2D eigenvalue weighted by Crippen LogP contribution is 2.32. The molecule has 0 atom stereocenters. The third-order valence-electron chi connectivity index (χ3n) is 5.16. The Balaban J connectivity index is 1.51. The summed E-state index contributed by atoms with van der Waals surface area (Å²) in [7, 11) is 1.56. The summed E-state index contributed by atoms with van der Waals surface area (Å²) in [4.78, 5) is 20.7. The van der Waals surface area contributed by atoms with Crippen LogP contribution < -0.4 is 19.5 Å². The molecule has 0 unspecified atom stereocenters. The van der Waals surface area contributed by atoms with E-state index in [-0.39, 0.29) is 6.61 Å². The SMILES string of the molecule is CCOC(=O)/C=C(/Nc1ncc(Br)cn1)c1ccc(OCc2cccc(Oc3ccccc3)c2)c(OC)c1. The molecular weight excluding hydrogens is 550 g/mol. The van der Waals surface area contributed by atoms with Crippen LogP contribution in [0.2, 0.25) is 0 Å². The summed E-state index contributed by atoms with van der Waals surface area (Å²) in [5.74, 6) is 2.34. The highest BCUT2D eigenvalue weighted by atomic mass is 79.9. The van der Waals surface area contributed by atoms with Gasteiger partial charge in [-0.15, -0.1) is 0 Å². The predicted octanol–water partition coefficient (Wildman–Crippen LogP) is 6.64. The number of hydrogen-bond acceptors (Lipinski definition) is 8. The number of rotatable bonds is 11. The van der Waals surface area contributed by atoms with Gasteiger partial charge in [0.2, 0.25) is 5.95 Å². The van der Waals surface area contributed by atoms with E-state index in [0.717, 1.165) is 21.5 Å². The van der Waals surface area contributed by atoms with Crippen molar-refractivity contribution in [3.63, 3.8) is 0 Å². The molecule has 1 N–H and O–H groups in total. The number of methoxy groups -OCH3 is 1. The smallest absolute Gasteiger partial charge is 0.332 e. The molecule has 1 aromatic heterocycles. The van der Waals surface area contributed by atoms with Gasteiger partial charge in [-0.1, -0.05) is 30.3 Å². The lowest BCUT2D eigenvalue weighted by Crippen LogP contribution is -2.08. The standard InChI is InChI=1S/C29H26BrN3O5/c1-3-36-28(34)16-25(33-29-31-17-22(30)18-32-29)21-12-13-26(27(15-21)35-2)37-19-20-8-7-11-24(14-20)38-23-9-5-4-6-10-23/h4-18H,3,19H2,1-2H3,(H,31,32,33)/b25-16+. The molecule has 4 aromatic rings. The van der Waals surface area contributed by atoms with Crippen LogP contribution in [0, 0.1) is 0 Å². The van der Waals surface area contributed by atoms with Crippen molar-refractivity contribution in [2.24, 2.45) is 0 Å². The summed E-state index contributed by atoms with van der Waals surface area (Å²) in [6.07, 6.45) is 4.56. The molecule has 0 spiro atoms. The van der Waals surface area contributed by atoms with Crippen LogP contribution in [-0.2, 0) is 16.1 Å². The molecule has 9 heteroatoms. The average Bonchev–Trinajstić information content (AvgIpc) is 2.93. The molecule has 194 valence electrons. The van der Waals surface area contributed by atoms with Gasteiger partial charge in [-0.05, 0) is 70.9 Å². The van der Waals surface area contributed by atoms with E-state index in [4.69, 9.17) is 18.9 Å². The second-order valence-corrected chi connectivity index (χ2v) is 8.79. The Morgan fingerprint density at radius 1 is 0.947 bits per heavy atom. The van der Waals surface area contributed by atoms with Crippen molar-refractivity contribution in [2.45, 2.75) is 13.5 Å². The van der Waals surface area contributed by atoms with Crippen molar-refractivity contribution in [3.05, 3.63) is 107 Å². The first-order valence-electron chi connectivity index (χ1n) is 11.8. The second kappa shape index (κ2) is 13.3. The Morgan fingerprint density at radius 2 is 1.71 bits per heavy atom. The first-order chi connectivity index (χ1) is 18.5. The zero-order valence-electron chi connectivity index (χ0n) is 20.9. The van der Waals surface area contributed by atoms with E-state index in [9.17, 15) is 4.79 Å². The fourth-order valence-corrected chi connectivity index (χ4v) is 3.63. The first-order valence-corrected chi connectivity index (χ1v) is 12.6. The summed E-state index contributed by atoms with van der Waals surface area (Å²) in [6, 6.07) is 22.6. The molecule has 0 amide bonds. The molecule has 4 rings (SSSR count). The van der Waals surface area contributed by atoms with Crippen LogP contribution in [0.5, 0.6) is 23.0 Å². The summed E-state index contributed by atoms with van der Waals surface area (Å²) >= 11 is 3.32. The number of aromatic nitrogens is 2. The van der Waals surface area contributed by atoms with E-state index in [0.29, 0.717) is 35.3 Å². The van der Waals surface area contributed by atoms with Crippen LogP contribution in [0.25, 0.3) is 5.70 Å². The molecule has 0 saturated carbocycles. The van der Waals surface area contributed by atoms with Crippen molar-refractivity contribution < 1.29 is 23.7 Å². The normalized spacial score (nSPS) is 11.0. The highest BCUT2D eigenvalue weighted by Gasteiger charge is 2.13. The van der Waals surface area contributed by atoms with Crippen LogP contribution in [0.4, 0.5) is 5.95 Å². The van der Waals surface area contributed by atoms with Gasteiger partial charge >= 0.3 is 5.97 Å². The van der Waals surface area contributed by atoms with Gasteiger partial charge in [0.25, 0.3) is 0 Å². The minimum absolute atomic E-state index is 0.255. The lowest BCUT2D eigenvalue weighted by atomic mass is 10.1. The predicted molar refractivity (Wildman–Crippen MR) is 148 cm³/mol. The van der Waals surface area contributed by atoms with Crippen molar-refractivity contribution >= 4 is 33.5 Å². The second-order valence-electron chi connectivity index (χ2n) is 7.88. The third-order valence-corrected chi connectivity index (χ3v) is 5.57. The molecule has 0 aliphatic heterocycles. The number of benzene rings is 3. The van der Waals surface area contributed by atoms with Crippen LogP contribution in [-0.4, -0.2) is 29.7 Å². The molecule has 0 saturated heterocycles. The maximum atomic E-state index is 12.2. The molecule has 0 radical (unpaired) electrons. The van der Waals surface area contributed by atoms with Gasteiger partial charge in [-0.3, -0.25) is 0 Å². The summed E-state index contributed by atoms with van der Waals surface area (Å²) < 4.78 is 23.4. The molecule has 0 aliphatic rings. The molecule has 0 bridgehead atoms. The van der Waals surface area contributed by atoms with E-state index in [2.05, 4.69) is 31.2 Å². The number of para-hydroxylation sites is 1. The fraction of sp³-hybridized carbons (Fsp3) is 0.138. The Labute approximate surface area is 229 Å². The quantitative estimate of drug-likeness (QED) is 0.157. The van der Waals surface area contributed by atoms with Crippen molar-refractivity contribution in [3.8, 4) is 23.0 Å². The Hall–Kier alpha value is -4.37. The molecule has 38 heavy (non-hydrogen) atoms. The van der Waals surface area contributed by atoms with E-state index < -0.39 is 5.97 Å². The number of hydrogen-bond donors (Lipinski definition) is 1. The fourth-order valence-electron chi connectivity index (χ4n) is 3.43. The number of anilines is 1. The van der Waals surface area contributed by atoms with Crippen LogP contribution in [0.3, 0.4) is 0 Å². The van der Waals surface area contributed by atoms with Gasteiger partial charge in [0, 0.05) is 24.0 Å². The van der Waals surface area contributed by atoms with Gasteiger partial charge in [0.15, 0.2) is 11.5 Å². The van der Waals surface area contributed by atoms with E-state index >= 15 is 0 Å². The lowest BCUT2D eigenvalue weighted by Gasteiger charge is -2.15. The largest absolute Gasteiger partial charge is 0.493 e. The zero-order chi connectivity index (χ0) is 26.7. The molecule has 0 aliphatic carbocycles. The first kappa shape index (κ1) is 26.7. The molecular formula is C29H26BrN3O5. The topological polar surface area (TPSA) is 91.8 Å². The van der Waals surface area contributed by atoms with Gasteiger partial charge < -0.3 is 24.3 Å². The Bertz CT molecular complexity index is 1400.